The van der Waals surface area contributed by atoms with Gasteiger partial charge in [0.25, 0.3) is 0 Å². The third kappa shape index (κ3) is 3.19. The molecule has 3 aromatic rings. The van der Waals surface area contributed by atoms with Gasteiger partial charge >= 0.3 is 0 Å². The zero-order chi connectivity index (χ0) is 20.1. The summed E-state index contributed by atoms with van der Waals surface area (Å²) >= 11 is -1.39. The fourth-order valence-corrected chi connectivity index (χ4v) is 4.14. The predicted molar refractivity (Wildman–Crippen MR) is 115 cm³/mol. The van der Waals surface area contributed by atoms with Crippen LogP contribution in [0.5, 0.6) is 0 Å². The fourth-order valence-electron chi connectivity index (χ4n) is 3.51. The summed E-state index contributed by atoms with van der Waals surface area (Å²) < 4.78 is 22.7. The van der Waals surface area contributed by atoms with Gasteiger partial charge in [-0.3, -0.25) is 4.79 Å². The fraction of sp³-hybridized carbons (Fsp3) is 0.304. The number of aryl methyl sites for hydroxylation is 1. The molecule has 4 rings (SSSR count). The molecular formula is C23H23NO3S. The molecule has 2 aromatic carbocycles. The third-order valence-corrected chi connectivity index (χ3v) is 6.54. The van der Waals surface area contributed by atoms with Crippen LogP contribution in [0.1, 0.15) is 44.4 Å². The van der Waals surface area contributed by atoms with Crippen LogP contribution in [0.3, 0.4) is 0 Å². The first-order valence-electron chi connectivity index (χ1n) is 9.42. The molecule has 5 heteroatoms. The lowest BCUT2D eigenvalue weighted by molar-refractivity contribution is 0.561. The summed E-state index contributed by atoms with van der Waals surface area (Å²) in [5.74, 6) is 0.650. The Morgan fingerprint density at radius 1 is 1.11 bits per heavy atom. The second-order valence-corrected chi connectivity index (χ2v) is 10.0. The maximum absolute atomic E-state index is 13.2. The molecule has 144 valence electrons. The van der Waals surface area contributed by atoms with Gasteiger partial charge in [-0.2, -0.15) is 0 Å². The van der Waals surface area contributed by atoms with Crippen molar-refractivity contribution in [1.29, 1.82) is 0 Å². The van der Waals surface area contributed by atoms with Crippen LogP contribution in [0.25, 0.3) is 22.3 Å². The summed E-state index contributed by atoms with van der Waals surface area (Å²) in [6.07, 6.45) is 1.51. The number of fused-ring (bicyclic) bond motifs is 4. The van der Waals surface area contributed by atoms with E-state index in [0.717, 1.165) is 17.5 Å². The van der Waals surface area contributed by atoms with Gasteiger partial charge in [0, 0.05) is 16.7 Å². The SMILES string of the molecule is CC(=N[S+]([O-])C(C)(C)C)c1cccc2c(=O)c3c(oc12)-c1ccccc1CC3. The second kappa shape index (κ2) is 6.90. The first kappa shape index (κ1) is 19.0. The number of hydrogen-bond donors (Lipinski definition) is 0. The highest BCUT2D eigenvalue weighted by Gasteiger charge is 2.28. The highest BCUT2D eigenvalue weighted by atomic mass is 32.2. The smallest absolute Gasteiger partial charge is 0.196 e. The molecule has 0 amide bonds. The minimum atomic E-state index is -1.39. The summed E-state index contributed by atoms with van der Waals surface area (Å²) in [6, 6.07) is 13.5. The zero-order valence-corrected chi connectivity index (χ0v) is 17.4. The van der Waals surface area contributed by atoms with E-state index in [0.29, 0.717) is 34.4 Å². The van der Waals surface area contributed by atoms with Gasteiger partial charge in [0.2, 0.25) is 0 Å². The number of para-hydroxylation sites is 1. The maximum atomic E-state index is 13.2. The highest BCUT2D eigenvalue weighted by molar-refractivity contribution is 7.91. The molecule has 0 spiro atoms. The largest absolute Gasteiger partial charge is 0.591 e. The van der Waals surface area contributed by atoms with Gasteiger partial charge in [0.15, 0.2) is 5.43 Å². The van der Waals surface area contributed by atoms with E-state index < -0.39 is 16.1 Å². The first-order valence-corrected chi connectivity index (χ1v) is 10.5. The Hall–Kier alpha value is -2.37. The molecule has 1 unspecified atom stereocenters. The standard InChI is InChI=1S/C23H23NO3S/c1-14(24-28(26)23(2,3)4)16-10-7-11-18-20(25)19-13-12-15-8-5-6-9-17(15)22(19)27-21(16)18/h5-11H,12-13H2,1-4H3. The van der Waals surface area contributed by atoms with Gasteiger partial charge < -0.3 is 8.97 Å². The van der Waals surface area contributed by atoms with Crippen LogP contribution in [0, 0.1) is 0 Å². The van der Waals surface area contributed by atoms with Crippen molar-refractivity contribution in [2.45, 2.75) is 45.3 Å². The molecule has 1 heterocycles. The molecule has 1 aliphatic carbocycles. The molecule has 1 atom stereocenters. The van der Waals surface area contributed by atoms with Crippen LogP contribution in [0.15, 0.2) is 56.1 Å². The predicted octanol–water partition coefficient (Wildman–Crippen LogP) is 4.83. The van der Waals surface area contributed by atoms with Crippen LogP contribution in [-0.2, 0) is 24.2 Å². The molecule has 4 nitrogen and oxygen atoms in total. The Kier molecular flexibility index (Phi) is 4.68. The average Bonchev–Trinajstić information content (AvgIpc) is 2.67. The van der Waals surface area contributed by atoms with Crippen molar-refractivity contribution < 1.29 is 8.97 Å². The van der Waals surface area contributed by atoms with Crippen molar-refractivity contribution in [2.75, 3.05) is 0 Å². The second-order valence-electron chi connectivity index (χ2n) is 8.12. The van der Waals surface area contributed by atoms with Gasteiger partial charge in [-0.1, -0.05) is 34.7 Å². The number of nitrogens with zero attached hydrogens (tertiary/aromatic N) is 1. The molecule has 0 saturated heterocycles. The van der Waals surface area contributed by atoms with E-state index in [1.54, 1.807) is 6.07 Å². The van der Waals surface area contributed by atoms with E-state index >= 15 is 0 Å². The number of rotatable bonds is 2. The lowest BCUT2D eigenvalue weighted by Gasteiger charge is -2.20. The number of hydrogen-bond acceptors (Lipinski definition) is 4. The molecule has 0 aliphatic heterocycles. The molecule has 1 aliphatic rings. The third-order valence-electron chi connectivity index (χ3n) is 5.05. The molecule has 28 heavy (non-hydrogen) atoms. The summed E-state index contributed by atoms with van der Waals surface area (Å²) in [5.41, 5.74) is 4.73. The maximum Gasteiger partial charge on any atom is 0.196 e. The topological polar surface area (TPSA) is 65.6 Å². The Bertz CT molecular complexity index is 1150. The minimum absolute atomic E-state index is 0.0114. The van der Waals surface area contributed by atoms with Crippen LogP contribution in [0.2, 0.25) is 0 Å². The Morgan fingerprint density at radius 2 is 1.86 bits per heavy atom. The first-order chi connectivity index (χ1) is 13.3. The van der Waals surface area contributed by atoms with Crippen molar-refractivity contribution >= 4 is 28.0 Å². The van der Waals surface area contributed by atoms with Gasteiger partial charge in [0.05, 0.1) is 11.1 Å². The lowest BCUT2D eigenvalue weighted by Crippen LogP contribution is -2.26. The summed E-state index contributed by atoms with van der Waals surface area (Å²) in [5, 5.41) is 0.548. The molecule has 0 radical (unpaired) electrons. The molecular weight excluding hydrogens is 370 g/mol. The van der Waals surface area contributed by atoms with E-state index in [4.69, 9.17) is 4.42 Å². The van der Waals surface area contributed by atoms with Crippen LogP contribution in [-0.4, -0.2) is 15.0 Å². The van der Waals surface area contributed by atoms with Crippen molar-refractivity contribution in [3.8, 4) is 11.3 Å². The van der Waals surface area contributed by atoms with Crippen molar-refractivity contribution in [3.63, 3.8) is 0 Å². The molecule has 0 bridgehead atoms. The van der Waals surface area contributed by atoms with Crippen LogP contribution in [0.4, 0.5) is 0 Å². The number of benzene rings is 2. The molecule has 0 fully saturated rings. The van der Waals surface area contributed by atoms with Gasteiger partial charge in [-0.05, 0) is 58.2 Å². The zero-order valence-electron chi connectivity index (χ0n) is 16.5. The minimum Gasteiger partial charge on any atom is -0.591 e. The quantitative estimate of drug-likeness (QED) is 0.463. The summed E-state index contributed by atoms with van der Waals surface area (Å²) in [7, 11) is 0. The van der Waals surface area contributed by atoms with Gasteiger partial charge in [0.1, 0.15) is 27.5 Å². The normalized spacial score (nSPS) is 15.2. The molecule has 0 saturated carbocycles. The van der Waals surface area contributed by atoms with Crippen LogP contribution >= 0.6 is 0 Å². The summed E-state index contributed by atoms with van der Waals surface area (Å²) in [6.45, 7) is 7.47. The van der Waals surface area contributed by atoms with Crippen LogP contribution < -0.4 is 5.43 Å². The van der Waals surface area contributed by atoms with Gasteiger partial charge in [-0.25, -0.2) is 0 Å². The van der Waals surface area contributed by atoms with Crippen molar-refractivity contribution in [1.82, 2.24) is 0 Å². The van der Waals surface area contributed by atoms with Crippen molar-refractivity contribution in [2.24, 2.45) is 4.40 Å². The lowest BCUT2D eigenvalue weighted by atomic mass is 9.89. The van der Waals surface area contributed by atoms with E-state index in [1.165, 1.54) is 5.56 Å². The monoisotopic (exact) mass is 393 g/mol. The Balaban J connectivity index is 1.96. The molecule has 1 aromatic heterocycles. The van der Waals surface area contributed by atoms with E-state index in [9.17, 15) is 9.35 Å². The van der Waals surface area contributed by atoms with E-state index in [1.807, 2.05) is 58.0 Å². The molecule has 0 N–H and O–H groups in total. The average molecular weight is 394 g/mol. The Morgan fingerprint density at radius 3 is 2.61 bits per heavy atom. The van der Waals surface area contributed by atoms with E-state index in [2.05, 4.69) is 10.5 Å². The highest BCUT2D eigenvalue weighted by Crippen LogP contribution is 2.34. The van der Waals surface area contributed by atoms with E-state index in [-0.39, 0.29) is 5.43 Å². The van der Waals surface area contributed by atoms with Gasteiger partial charge in [-0.15, -0.1) is 0 Å². The summed E-state index contributed by atoms with van der Waals surface area (Å²) in [4.78, 5) is 13.2. The Labute approximate surface area is 167 Å². The van der Waals surface area contributed by atoms with Crippen molar-refractivity contribution in [3.05, 3.63) is 69.4 Å².